The number of hydrogen-bond acceptors (Lipinski definition) is 1. The van der Waals surface area contributed by atoms with Gasteiger partial charge in [0, 0.05) is 5.02 Å². The van der Waals surface area contributed by atoms with Gasteiger partial charge in [-0.25, -0.2) is 0 Å². The maximum absolute atomic E-state index is 6.05. The van der Waals surface area contributed by atoms with Crippen molar-refractivity contribution in [3.05, 3.63) is 69.2 Å². The second kappa shape index (κ2) is 5.77. The smallest absolute Gasteiger partial charge is 0.0579 e. The standard InChI is InChI=1S/C17H20ClN/c1-11-5-6-12(2)16(9-11)17(19-4)15-8-7-14(18)10-13(15)3/h5-10,17,19H,1-4H3. The van der Waals surface area contributed by atoms with E-state index in [2.05, 4.69) is 50.4 Å². The maximum atomic E-state index is 6.05. The summed E-state index contributed by atoms with van der Waals surface area (Å²) in [6.45, 7) is 6.39. The average molecular weight is 274 g/mol. The van der Waals surface area contributed by atoms with E-state index in [1.165, 1.54) is 27.8 Å². The quantitative estimate of drug-likeness (QED) is 0.863. The van der Waals surface area contributed by atoms with Gasteiger partial charge in [-0.15, -0.1) is 0 Å². The minimum Gasteiger partial charge on any atom is -0.309 e. The second-order valence-corrected chi connectivity index (χ2v) is 5.52. The Morgan fingerprint density at radius 1 is 0.895 bits per heavy atom. The van der Waals surface area contributed by atoms with Crippen LogP contribution in [0, 0.1) is 20.8 Å². The Hall–Kier alpha value is -1.31. The number of aryl methyl sites for hydroxylation is 3. The summed E-state index contributed by atoms with van der Waals surface area (Å²) in [6, 6.07) is 12.9. The molecule has 0 fully saturated rings. The summed E-state index contributed by atoms with van der Waals surface area (Å²) in [5.41, 5.74) is 6.41. The van der Waals surface area contributed by atoms with Gasteiger partial charge in [0.25, 0.3) is 0 Å². The first-order valence-corrected chi connectivity index (χ1v) is 6.91. The molecule has 0 aliphatic rings. The van der Waals surface area contributed by atoms with Crippen LogP contribution in [0.5, 0.6) is 0 Å². The fourth-order valence-electron chi connectivity index (χ4n) is 2.51. The number of nitrogens with one attached hydrogen (secondary N) is 1. The summed E-state index contributed by atoms with van der Waals surface area (Å²) in [5.74, 6) is 0. The Balaban J connectivity index is 2.52. The number of hydrogen-bond donors (Lipinski definition) is 1. The lowest BCUT2D eigenvalue weighted by Gasteiger charge is -2.22. The van der Waals surface area contributed by atoms with Crippen molar-refractivity contribution in [2.45, 2.75) is 26.8 Å². The first kappa shape index (κ1) is 14.1. The van der Waals surface area contributed by atoms with E-state index >= 15 is 0 Å². The van der Waals surface area contributed by atoms with Gasteiger partial charge in [-0.3, -0.25) is 0 Å². The molecule has 100 valence electrons. The van der Waals surface area contributed by atoms with Crippen LogP contribution < -0.4 is 5.32 Å². The lowest BCUT2D eigenvalue weighted by Crippen LogP contribution is -2.19. The molecule has 1 nitrogen and oxygen atoms in total. The van der Waals surface area contributed by atoms with E-state index in [-0.39, 0.29) is 6.04 Å². The SMILES string of the molecule is CNC(c1ccc(Cl)cc1C)c1cc(C)ccc1C. The van der Waals surface area contributed by atoms with Crippen LogP contribution in [0.15, 0.2) is 36.4 Å². The van der Waals surface area contributed by atoms with Crippen molar-refractivity contribution in [2.24, 2.45) is 0 Å². The molecule has 2 aromatic carbocycles. The minimum absolute atomic E-state index is 0.206. The van der Waals surface area contributed by atoms with Gasteiger partial charge in [0.2, 0.25) is 0 Å². The largest absolute Gasteiger partial charge is 0.309 e. The van der Waals surface area contributed by atoms with Crippen LogP contribution in [-0.4, -0.2) is 7.05 Å². The third kappa shape index (κ3) is 2.99. The molecule has 0 heterocycles. The molecule has 2 heteroatoms. The van der Waals surface area contributed by atoms with E-state index in [0.717, 1.165) is 5.02 Å². The van der Waals surface area contributed by atoms with E-state index < -0.39 is 0 Å². The zero-order valence-corrected chi connectivity index (χ0v) is 12.7. The van der Waals surface area contributed by atoms with Crippen LogP contribution in [0.2, 0.25) is 5.02 Å². The number of halogens is 1. The molecule has 0 amide bonds. The van der Waals surface area contributed by atoms with Crippen LogP contribution in [-0.2, 0) is 0 Å². The molecule has 0 saturated carbocycles. The Morgan fingerprint density at radius 3 is 2.26 bits per heavy atom. The second-order valence-electron chi connectivity index (χ2n) is 5.08. The molecule has 0 radical (unpaired) electrons. The average Bonchev–Trinajstić information content (AvgIpc) is 2.36. The van der Waals surface area contributed by atoms with E-state index in [1.807, 2.05) is 19.2 Å². The highest BCUT2D eigenvalue weighted by atomic mass is 35.5. The van der Waals surface area contributed by atoms with Gasteiger partial charge in [-0.05, 0) is 62.2 Å². The van der Waals surface area contributed by atoms with Crippen molar-refractivity contribution in [1.82, 2.24) is 5.32 Å². The van der Waals surface area contributed by atoms with Crippen molar-refractivity contribution in [2.75, 3.05) is 7.05 Å². The fourth-order valence-corrected chi connectivity index (χ4v) is 2.74. The molecule has 19 heavy (non-hydrogen) atoms. The maximum Gasteiger partial charge on any atom is 0.0579 e. The predicted molar refractivity (Wildman–Crippen MR) is 83.0 cm³/mol. The fraction of sp³-hybridized carbons (Fsp3) is 0.294. The molecular formula is C17H20ClN. The Labute approximate surface area is 120 Å². The zero-order valence-electron chi connectivity index (χ0n) is 11.9. The zero-order chi connectivity index (χ0) is 14.0. The van der Waals surface area contributed by atoms with Crippen LogP contribution in [0.25, 0.3) is 0 Å². The summed E-state index contributed by atoms with van der Waals surface area (Å²) in [5, 5.41) is 4.21. The molecular weight excluding hydrogens is 254 g/mol. The van der Waals surface area contributed by atoms with Crippen molar-refractivity contribution in [3.8, 4) is 0 Å². The van der Waals surface area contributed by atoms with Gasteiger partial charge in [0.05, 0.1) is 6.04 Å². The van der Waals surface area contributed by atoms with E-state index in [1.54, 1.807) is 0 Å². The van der Waals surface area contributed by atoms with Gasteiger partial charge in [0.1, 0.15) is 0 Å². The molecule has 2 aromatic rings. The van der Waals surface area contributed by atoms with Crippen LogP contribution in [0.1, 0.15) is 33.9 Å². The summed E-state index contributed by atoms with van der Waals surface area (Å²) >= 11 is 6.05. The first-order chi connectivity index (χ1) is 9.02. The van der Waals surface area contributed by atoms with Gasteiger partial charge in [-0.2, -0.15) is 0 Å². The van der Waals surface area contributed by atoms with E-state index in [4.69, 9.17) is 11.6 Å². The molecule has 1 atom stereocenters. The third-order valence-corrected chi connectivity index (χ3v) is 3.81. The normalized spacial score (nSPS) is 12.5. The van der Waals surface area contributed by atoms with Gasteiger partial charge < -0.3 is 5.32 Å². The summed E-state index contributed by atoms with van der Waals surface area (Å²) in [4.78, 5) is 0. The van der Waals surface area contributed by atoms with Crippen molar-refractivity contribution in [3.63, 3.8) is 0 Å². The predicted octanol–water partition coefficient (Wildman–Crippen LogP) is 4.57. The molecule has 0 aliphatic carbocycles. The minimum atomic E-state index is 0.206. The van der Waals surface area contributed by atoms with E-state index in [0.29, 0.717) is 0 Å². The molecule has 0 saturated heterocycles. The highest BCUT2D eigenvalue weighted by Crippen LogP contribution is 2.29. The Bertz CT molecular complexity index is 590. The molecule has 0 aromatic heterocycles. The topological polar surface area (TPSA) is 12.0 Å². The monoisotopic (exact) mass is 273 g/mol. The molecule has 0 bridgehead atoms. The molecule has 1 unspecified atom stereocenters. The lowest BCUT2D eigenvalue weighted by molar-refractivity contribution is 0.683. The Kier molecular flexibility index (Phi) is 4.28. The van der Waals surface area contributed by atoms with Crippen molar-refractivity contribution >= 4 is 11.6 Å². The summed E-state index contributed by atoms with van der Waals surface area (Å²) in [6.07, 6.45) is 0. The number of rotatable bonds is 3. The van der Waals surface area contributed by atoms with Crippen molar-refractivity contribution in [1.29, 1.82) is 0 Å². The molecule has 1 N–H and O–H groups in total. The van der Waals surface area contributed by atoms with Crippen molar-refractivity contribution < 1.29 is 0 Å². The number of benzene rings is 2. The first-order valence-electron chi connectivity index (χ1n) is 6.53. The van der Waals surface area contributed by atoms with Crippen LogP contribution in [0.3, 0.4) is 0 Å². The summed E-state index contributed by atoms with van der Waals surface area (Å²) in [7, 11) is 2.00. The van der Waals surface area contributed by atoms with Crippen LogP contribution >= 0.6 is 11.6 Å². The molecule has 2 rings (SSSR count). The Morgan fingerprint density at radius 2 is 1.63 bits per heavy atom. The van der Waals surface area contributed by atoms with Crippen LogP contribution in [0.4, 0.5) is 0 Å². The highest BCUT2D eigenvalue weighted by Gasteiger charge is 2.16. The van der Waals surface area contributed by atoms with Gasteiger partial charge in [0.15, 0.2) is 0 Å². The highest BCUT2D eigenvalue weighted by molar-refractivity contribution is 6.30. The van der Waals surface area contributed by atoms with E-state index in [9.17, 15) is 0 Å². The molecule has 0 aliphatic heterocycles. The van der Waals surface area contributed by atoms with Gasteiger partial charge >= 0.3 is 0 Å². The third-order valence-electron chi connectivity index (χ3n) is 3.58. The molecule has 0 spiro atoms. The van der Waals surface area contributed by atoms with Gasteiger partial charge in [-0.1, -0.05) is 41.4 Å². The lowest BCUT2D eigenvalue weighted by atomic mass is 9.91. The summed E-state index contributed by atoms with van der Waals surface area (Å²) < 4.78 is 0.